The van der Waals surface area contributed by atoms with E-state index >= 15 is 0 Å². The maximum Gasteiger partial charge on any atom is 0.191 e. The van der Waals surface area contributed by atoms with Crippen molar-refractivity contribution in [3.8, 4) is 0 Å². The lowest BCUT2D eigenvalue weighted by atomic mass is 10.1. The van der Waals surface area contributed by atoms with Crippen LogP contribution in [0.5, 0.6) is 0 Å². The van der Waals surface area contributed by atoms with Gasteiger partial charge in [0.1, 0.15) is 6.10 Å². The summed E-state index contributed by atoms with van der Waals surface area (Å²) >= 11 is 7.58. The molecule has 176 valence electrons. The first-order valence-corrected chi connectivity index (χ1v) is 12.6. The lowest BCUT2D eigenvalue weighted by Crippen LogP contribution is -2.30. The first kappa shape index (κ1) is 22.8. The fraction of sp³-hybridized carbons (Fsp3) is 0.545. The highest BCUT2D eigenvalue weighted by molar-refractivity contribution is 7.99. The van der Waals surface area contributed by atoms with Crippen LogP contribution in [0.25, 0.3) is 11.2 Å². The lowest BCUT2D eigenvalue weighted by molar-refractivity contribution is -0.00512. The van der Waals surface area contributed by atoms with E-state index in [0.29, 0.717) is 34.5 Å². The van der Waals surface area contributed by atoms with E-state index in [9.17, 15) is 15.3 Å². The van der Waals surface area contributed by atoms with Gasteiger partial charge in [-0.2, -0.15) is 0 Å². The van der Waals surface area contributed by atoms with Crippen molar-refractivity contribution in [2.75, 3.05) is 17.7 Å². The van der Waals surface area contributed by atoms with E-state index in [2.05, 4.69) is 27.5 Å². The molecule has 0 amide bonds. The van der Waals surface area contributed by atoms with Gasteiger partial charge in [0.25, 0.3) is 0 Å². The molecule has 1 aromatic carbocycles. The summed E-state index contributed by atoms with van der Waals surface area (Å²) in [6, 6.07) is 7.61. The summed E-state index contributed by atoms with van der Waals surface area (Å²) in [6.07, 6.45) is 0.286. The number of benzene rings is 1. The molecule has 6 unspecified atom stereocenters. The SMILES string of the molecule is CCCSc1nc(NC2CC2c2ccc(Cl)cc2)c2nnn(C3CC(CO)C(O)C3O)c2n1. The van der Waals surface area contributed by atoms with Crippen LogP contribution in [0.15, 0.2) is 29.4 Å². The molecule has 4 N–H and O–H groups in total. The smallest absolute Gasteiger partial charge is 0.191 e. The molecule has 11 heteroatoms. The number of anilines is 1. The number of hydrogen-bond donors (Lipinski definition) is 4. The molecular formula is C22H27ClN6O3S. The van der Waals surface area contributed by atoms with Crippen LogP contribution in [0.3, 0.4) is 0 Å². The van der Waals surface area contributed by atoms with E-state index in [1.54, 1.807) is 16.4 Å². The molecule has 0 radical (unpaired) electrons. The Bertz CT molecular complexity index is 1130. The summed E-state index contributed by atoms with van der Waals surface area (Å²) < 4.78 is 1.57. The Labute approximate surface area is 200 Å². The number of hydrogen-bond acceptors (Lipinski definition) is 9. The Balaban J connectivity index is 1.45. The van der Waals surface area contributed by atoms with Crippen LogP contribution in [-0.4, -0.2) is 70.9 Å². The molecule has 2 aromatic heterocycles. The van der Waals surface area contributed by atoms with Crippen molar-refractivity contribution in [3.05, 3.63) is 34.9 Å². The van der Waals surface area contributed by atoms with Crippen LogP contribution in [0.1, 0.15) is 43.7 Å². The normalized spacial score (nSPS) is 29.0. The molecule has 0 aliphatic heterocycles. The Kier molecular flexibility index (Phi) is 6.45. The largest absolute Gasteiger partial charge is 0.396 e. The molecule has 2 fully saturated rings. The summed E-state index contributed by atoms with van der Waals surface area (Å²) in [6.45, 7) is 1.90. The van der Waals surface area contributed by atoms with Gasteiger partial charge >= 0.3 is 0 Å². The molecule has 0 saturated heterocycles. The molecule has 2 aliphatic carbocycles. The van der Waals surface area contributed by atoms with Crippen molar-refractivity contribution < 1.29 is 15.3 Å². The van der Waals surface area contributed by atoms with Crippen molar-refractivity contribution in [2.45, 2.75) is 61.6 Å². The predicted octanol–water partition coefficient (Wildman–Crippen LogP) is 2.62. The Morgan fingerprint density at radius 2 is 1.94 bits per heavy atom. The molecule has 0 bridgehead atoms. The van der Waals surface area contributed by atoms with Gasteiger partial charge in [0.15, 0.2) is 22.1 Å². The summed E-state index contributed by atoms with van der Waals surface area (Å²) in [7, 11) is 0. The number of fused-ring (bicyclic) bond motifs is 1. The molecule has 2 heterocycles. The van der Waals surface area contributed by atoms with Gasteiger partial charge in [0, 0.05) is 35.3 Å². The minimum absolute atomic E-state index is 0.200. The zero-order chi connectivity index (χ0) is 23.1. The topological polar surface area (TPSA) is 129 Å². The highest BCUT2D eigenvalue weighted by atomic mass is 35.5. The number of aliphatic hydroxyl groups excluding tert-OH is 3. The second-order valence-corrected chi connectivity index (χ2v) is 10.3. The van der Waals surface area contributed by atoms with Gasteiger partial charge in [0.05, 0.1) is 12.1 Å². The van der Waals surface area contributed by atoms with E-state index in [0.717, 1.165) is 23.6 Å². The van der Waals surface area contributed by atoms with Crippen LogP contribution in [0.2, 0.25) is 5.02 Å². The predicted molar refractivity (Wildman–Crippen MR) is 127 cm³/mol. The molecule has 2 saturated carbocycles. The fourth-order valence-corrected chi connectivity index (χ4v) is 5.34. The standard InChI is InChI=1S/C22H27ClN6O3S/c1-2-7-33-22-25-20(24-15-9-14(15)11-3-5-13(23)6-4-11)17-21(26-22)29(28-27-17)16-8-12(10-30)18(31)19(16)32/h3-6,12,14-16,18-19,30-32H,2,7-10H2,1H3,(H,24,25,26). The highest BCUT2D eigenvalue weighted by Gasteiger charge is 2.44. The third-order valence-electron chi connectivity index (χ3n) is 6.47. The Morgan fingerprint density at radius 1 is 1.15 bits per heavy atom. The maximum atomic E-state index is 10.6. The molecule has 0 spiro atoms. The van der Waals surface area contributed by atoms with Crippen molar-refractivity contribution in [3.63, 3.8) is 0 Å². The summed E-state index contributed by atoms with van der Waals surface area (Å²) in [5.41, 5.74) is 2.28. The minimum atomic E-state index is -1.05. The lowest BCUT2D eigenvalue weighted by Gasteiger charge is -2.17. The zero-order valence-corrected chi connectivity index (χ0v) is 19.7. The summed E-state index contributed by atoms with van der Waals surface area (Å²) in [4.78, 5) is 9.40. The van der Waals surface area contributed by atoms with Crippen LogP contribution in [-0.2, 0) is 0 Å². The molecule has 33 heavy (non-hydrogen) atoms. The van der Waals surface area contributed by atoms with Gasteiger partial charge < -0.3 is 20.6 Å². The average molecular weight is 491 g/mol. The maximum absolute atomic E-state index is 10.6. The van der Waals surface area contributed by atoms with E-state index in [-0.39, 0.29) is 12.6 Å². The van der Waals surface area contributed by atoms with Crippen LogP contribution >= 0.6 is 23.4 Å². The van der Waals surface area contributed by atoms with Crippen molar-refractivity contribution in [2.24, 2.45) is 5.92 Å². The molecule has 5 rings (SSSR count). The first-order valence-electron chi connectivity index (χ1n) is 11.2. The third kappa shape index (κ3) is 4.42. The number of halogens is 1. The van der Waals surface area contributed by atoms with Crippen LogP contribution < -0.4 is 5.32 Å². The van der Waals surface area contributed by atoms with Gasteiger partial charge in [-0.1, -0.05) is 47.6 Å². The van der Waals surface area contributed by atoms with E-state index < -0.39 is 24.2 Å². The molecular weight excluding hydrogens is 464 g/mol. The van der Waals surface area contributed by atoms with Crippen molar-refractivity contribution >= 4 is 40.3 Å². The van der Waals surface area contributed by atoms with Gasteiger partial charge in [-0.05, 0) is 37.0 Å². The average Bonchev–Trinajstić information content (AvgIpc) is 3.35. The van der Waals surface area contributed by atoms with E-state index in [1.807, 2.05) is 24.3 Å². The number of rotatable bonds is 8. The van der Waals surface area contributed by atoms with Gasteiger partial charge in [-0.3, -0.25) is 0 Å². The Hall–Kier alpha value is -1.98. The monoisotopic (exact) mass is 490 g/mol. The highest BCUT2D eigenvalue weighted by Crippen LogP contribution is 2.44. The Morgan fingerprint density at radius 3 is 2.64 bits per heavy atom. The minimum Gasteiger partial charge on any atom is -0.396 e. The van der Waals surface area contributed by atoms with E-state index in [4.69, 9.17) is 16.6 Å². The summed E-state index contributed by atoms with van der Waals surface area (Å²) in [5.74, 6) is 1.45. The number of aliphatic hydroxyl groups is 3. The summed E-state index contributed by atoms with van der Waals surface area (Å²) in [5, 5.41) is 43.9. The van der Waals surface area contributed by atoms with Gasteiger partial charge in [-0.25, -0.2) is 14.6 Å². The second-order valence-electron chi connectivity index (χ2n) is 8.78. The van der Waals surface area contributed by atoms with Crippen molar-refractivity contribution in [1.29, 1.82) is 0 Å². The first-order chi connectivity index (χ1) is 16.0. The fourth-order valence-electron chi connectivity index (χ4n) is 4.52. The molecule has 3 aromatic rings. The molecule has 2 aliphatic rings. The second kappa shape index (κ2) is 9.34. The quantitative estimate of drug-likeness (QED) is 0.278. The van der Waals surface area contributed by atoms with Crippen LogP contribution in [0.4, 0.5) is 5.82 Å². The van der Waals surface area contributed by atoms with Crippen LogP contribution in [0, 0.1) is 5.92 Å². The van der Waals surface area contributed by atoms with Gasteiger partial charge in [0.2, 0.25) is 0 Å². The van der Waals surface area contributed by atoms with Crippen molar-refractivity contribution in [1.82, 2.24) is 25.0 Å². The van der Waals surface area contributed by atoms with Gasteiger partial charge in [-0.15, -0.1) is 5.10 Å². The zero-order valence-electron chi connectivity index (χ0n) is 18.2. The molecule has 6 atom stereocenters. The number of nitrogens with one attached hydrogen (secondary N) is 1. The van der Waals surface area contributed by atoms with E-state index in [1.165, 1.54) is 5.56 Å². The number of nitrogens with zero attached hydrogens (tertiary/aromatic N) is 5. The third-order valence-corrected chi connectivity index (χ3v) is 7.77. The molecule has 9 nitrogen and oxygen atoms in total. The number of aromatic nitrogens is 5. The number of thioether (sulfide) groups is 1.